The third-order valence-corrected chi connectivity index (χ3v) is 2.07. The van der Waals surface area contributed by atoms with Gasteiger partial charge in [-0.15, -0.1) is 0 Å². The zero-order valence-electron chi connectivity index (χ0n) is 7.50. The van der Waals surface area contributed by atoms with Gasteiger partial charge in [0.25, 0.3) is 0 Å². The molecule has 0 aromatic carbocycles. The molecule has 1 rings (SSSR count). The molecule has 0 unspecified atom stereocenters. The van der Waals surface area contributed by atoms with Crippen molar-refractivity contribution >= 4 is 11.8 Å². The molecule has 0 heterocycles. The van der Waals surface area contributed by atoms with Crippen LogP contribution in [0.3, 0.4) is 0 Å². The topological polar surface area (TPSA) is 43.4 Å². The minimum Gasteiger partial charge on any atom is -0.465 e. The average molecular weight is 170 g/mol. The molecular formula is C9H14O3. The summed E-state index contributed by atoms with van der Waals surface area (Å²) in [5.41, 5.74) is 0. The molecule has 1 aliphatic carbocycles. The Balaban J connectivity index is 2.52. The number of hydrogen-bond donors (Lipinski definition) is 0. The van der Waals surface area contributed by atoms with Crippen molar-refractivity contribution < 1.29 is 14.3 Å². The Kier molecular flexibility index (Phi) is 2.84. The second-order valence-corrected chi connectivity index (χ2v) is 3.18. The van der Waals surface area contributed by atoms with E-state index in [1.807, 2.05) is 0 Å². The summed E-state index contributed by atoms with van der Waals surface area (Å²) in [4.78, 5) is 22.3. The zero-order chi connectivity index (χ0) is 9.14. The number of esters is 1. The van der Waals surface area contributed by atoms with Crippen LogP contribution in [0.5, 0.6) is 0 Å². The molecule has 1 atom stereocenters. The Bertz CT molecular complexity index is 194. The van der Waals surface area contributed by atoms with Crippen LogP contribution in [0.2, 0.25) is 0 Å². The molecule has 0 aliphatic heterocycles. The van der Waals surface area contributed by atoms with Crippen molar-refractivity contribution in [2.75, 3.05) is 6.61 Å². The van der Waals surface area contributed by atoms with Gasteiger partial charge in [0, 0.05) is 0 Å². The summed E-state index contributed by atoms with van der Waals surface area (Å²) in [5, 5.41) is 0. The SMILES string of the molecule is CCOC(=O)[C@@H](C(C)=O)C1CC1. The summed E-state index contributed by atoms with van der Waals surface area (Å²) in [5.74, 6) is -0.616. The second-order valence-electron chi connectivity index (χ2n) is 3.18. The summed E-state index contributed by atoms with van der Waals surface area (Å²) in [6, 6.07) is 0. The van der Waals surface area contributed by atoms with Gasteiger partial charge in [0.2, 0.25) is 0 Å². The second kappa shape index (κ2) is 3.70. The Morgan fingerprint density at radius 2 is 2.08 bits per heavy atom. The lowest BCUT2D eigenvalue weighted by atomic mass is 10.00. The van der Waals surface area contributed by atoms with Crippen LogP contribution >= 0.6 is 0 Å². The van der Waals surface area contributed by atoms with Crippen molar-refractivity contribution in [2.45, 2.75) is 26.7 Å². The molecule has 0 radical (unpaired) electrons. The number of carbonyl (C=O) groups is 2. The third-order valence-electron chi connectivity index (χ3n) is 2.07. The van der Waals surface area contributed by atoms with E-state index < -0.39 is 5.92 Å². The van der Waals surface area contributed by atoms with Gasteiger partial charge in [-0.3, -0.25) is 9.59 Å². The molecule has 1 fully saturated rings. The Morgan fingerprint density at radius 3 is 2.42 bits per heavy atom. The molecule has 3 nitrogen and oxygen atoms in total. The van der Waals surface area contributed by atoms with Gasteiger partial charge >= 0.3 is 5.97 Å². The van der Waals surface area contributed by atoms with Crippen molar-refractivity contribution in [3.8, 4) is 0 Å². The zero-order valence-corrected chi connectivity index (χ0v) is 7.50. The van der Waals surface area contributed by atoms with Gasteiger partial charge in [-0.25, -0.2) is 0 Å². The fraction of sp³-hybridized carbons (Fsp3) is 0.778. The average Bonchev–Trinajstić information content (AvgIpc) is 2.71. The first-order chi connectivity index (χ1) is 5.66. The Labute approximate surface area is 72.1 Å². The summed E-state index contributed by atoms with van der Waals surface area (Å²) in [6.45, 7) is 3.57. The standard InChI is InChI=1S/C9H14O3/c1-3-12-9(11)8(6(2)10)7-4-5-7/h7-8H,3-5H2,1-2H3/t8-/m0/s1. The van der Waals surface area contributed by atoms with Crippen LogP contribution in [-0.4, -0.2) is 18.4 Å². The van der Waals surface area contributed by atoms with E-state index in [2.05, 4.69) is 0 Å². The fourth-order valence-corrected chi connectivity index (χ4v) is 1.35. The summed E-state index contributed by atoms with van der Waals surface area (Å²) in [7, 11) is 0. The molecular weight excluding hydrogens is 156 g/mol. The van der Waals surface area contributed by atoms with Crippen LogP contribution in [0.15, 0.2) is 0 Å². The number of carbonyl (C=O) groups excluding carboxylic acids is 2. The van der Waals surface area contributed by atoms with E-state index in [4.69, 9.17) is 4.74 Å². The molecule has 0 spiro atoms. The van der Waals surface area contributed by atoms with Crippen LogP contribution in [0.1, 0.15) is 26.7 Å². The highest BCUT2D eigenvalue weighted by Gasteiger charge is 2.40. The highest BCUT2D eigenvalue weighted by molar-refractivity contribution is 5.98. The molecule has 0 N–H and O–H groups in total. The molecule has 1 aliphatic rings. The molecule has 0 amide bonds. The fourth-order valence-electron chi connectivity index (χ4n) is 1.35. The van der Waals surface area contributed by atoms with Gasteiger partial charge in [-0.1, -0.05) is 0 Å². The number of hydrogen-bond acceptors (Lipinski definition) is 3. The Morgan fingerprint density at radius 1 is 1.50 bits per heavy atom. The summed E-state index contributed by atoms with van der Waals surface area (Å²) < 4.78 is 4.81. The maximum Gasteiger partial charge on any atom is 0.316 e. The third kappa shape index (κ3) is 2.06. The quantitative estimate of drug-likeness (QED) is 0.469. The summed E-state index contributed by atoms with van der Waals surface area (Å²) in [6.07, 6.45) is 1.98. The van der Waals surface area contributed by atoms with Gasteiger partial charge in [-0.2, -0.15) is 0 Å². The maximum absolute atomic E-state index is 11.2. The van der Waals surface area contributed by atoms with Crippen LogP contribution in [0.4, 0.5) is 0 Å². The van der Waals surface area contributed by atoms with Crippen molar-refractivity contribution in [3.63, 3.8) is 0 Å². The lowest BCUT2D eigenvalue weighted by Crippen LogP contribution is -2.26. The van der Waals surface area contributed by atoms with Gasteiger partial charge in [0.1, 0.15) is 11.7 Å². The minimum absolute atomic E-state index is 0.0593. The number of rotatable bonds is 4. The van der Waals surface area contributed by atoms with E-state index in [1.54, 1.807) is 6.92 Å². The lowest BCUT2D eigenvalue weighted by Gasteiger charge is -2.10. The van der Waals surface area contributed by atoms with Gasteiger partial charge in [0.15, 0.2) is 0 Å². The molecule has 1 saturated carbocycles. The molecule has 3 heteroatoms. The molecule has 0 saturated heterocycles. The smallest absolute Gasteiger partial charge is 0.316 e. The number of ether oxygens (including phenoxy) is 1. The normalized spacial score (nSPS) is 18.5. The van der Waals surface area contributed by atoms with Crippen molar-refractivity contribution in [3.05, 3.63) is 0 Å². The monoisotopic (exact) mass is 170 g/mol. The van der Waals surface area contributed by atoms with E-state index in [0.29, 0.717) is 6.61 Å². The van der Waals surface area contributed by atoms with Crippen LogP contribution < -0.4 is 0 Å². The Hall–Kier alpha value is -0.860. The largest absolute Gasteiger partial charge is 0.465 e. The molecule has 68 valence electrons. The van der Waals surface area contributed by atoms with E-state index in [9.17, 15) is 9.59 Å². The lowest BCUT2D eigenvalue weighted by molar-refractivity contribution is -0.151. The van der Waals surface area contributed by atoms with Crippen LogP contribution in [0.25, 0.3) is 0 Å². The van der Waals surface area contributed by atoms with Gasteiger partial charge < -0.3 is 4.74 Å². The van der Waals surface area contributed by atoms with Crippen molar-refractivity contribution in [1.29, 1.82) is 0 Å². The van der Waals surface area contributed by atoms with Crippen LogP contribution in [-0.2, 0) is 14.3 Å². The highest BCUT2D eigenvalue weighted by atomic mass is 16.5. The predicted octanol–water partition coefficient (Wildman–Crippen LogP) is 1.16. The molecule has 0 aromatic rings. The van der Waals surface area contributed by atoms with Gasteiger partial charge in [-0.05, 0) is 32.6 Å². The first-order valence-corrected chi connectivity index (χ1v) is 4.34. The van der Waals surface area contributed by atoms with Crippen molar-refractivity contribution in [2.24, 2.45) is 11.8 Å². The van der Waals surface area contributed by atoms with Crippen LogP contribution in [0, 0.1) is 11.8 Å². The predicted molar refractivity (Wildman–Crippen MR) is 43.5 cm³/mol. The molecule has 12 heavy (non-hydrogen) atoms. The number of Topliss-reactive ketones (excluding diaryl/α,β-unsaturated/α-hetero) is 1. The minimum atomic E-state index is -0.482. The molecule has 0 bridgehead atoms. The highest BCUT2D eigenvalue weighted by Crippen LogP contribution is 2.37. The van der Waals surface area contributed by atoms with E-state index >= 15 is 0 Å². The van der Waals surface area contributed by atoms with E-state index in [0.717, 1.165) is 12.8 Å². The number of ketones is 1. The van der Waals surface area contributed by atoms with E-state index in [1.165, 1.54) is 6.92 Å². The van der Waals surface area contributed by atoms with Crippen molar-refractivity contribution in [1.82, 2.24) is 0 Å². The maximum atomic E-state index is 11.2. The summed E-state index contributed by atoms with van der Waals surface area (Å²) >= 11 is 0. The first kappa shape index (κ1) is 9.23. The van der Waals surface area contributed by atoms with E-state index in [-0.39, 0.29) is 17.7 Å². The molecule has 0 aromatic heterocycles. The van der Waals surface area contributed by atoms with Gasteiger partial charge in [0.05, 0.1) is 6.61 Å². The first-order valence-electron chi connectivity index (χ1n) is 4.34.